The molecule has 0 radical (unpaired) electrons. The Morgan fingerprint density at radius 3 is 2.39 bits per heavy atom. The lowest BCUT2D eigenvalue weighted by molar-refractivity contribution is 0.0687. The molecule has 2 aromatic rings. The molecule has 28 heavy (non-hydrogen) atoms. The van der Waals surface area contributed by atoms with Crippen LogP contribution in [-0.4, -0.2) is 42.0 Å². The van der Waals surface area contributed by atoms with Gasteiger partial charge in [-0.2, -0.15) is 0 Å². The van der Waals surface area contributed by atoms with Gasteiger partial charge in [0.25, 0.3) is 0 Å². The number of aliphatic hydroxyl groups is 1. The minimum absolute atomic E-state index is 0.0392. The third-order valence-corrected chi connectivity index (χ3v) is 10.9. The Kier molecular flexibility index (Phi) is 6.40. The van der Waals surface area contributed by atoms with Crippen molar-refractivity contribution in [2.75, 3.05) is 6.54 Å². The molecule has 3 rings (SSSR count). The van der Waals surface area contributed by atoms with E-state index in [0.717, 1.165) is 25.1 Å². The summed E-state index contributed by atoms with van der Waals surface area (Å²) in [6, 6.07) is 14.3. The average Bonchev–Trinajstić information content (AvgIpc) is 3.03. The van der Waals surface area contributed by atoms with Gasteiger partial charge in [-0.1, -0.05) is 51.1 Å². The van der Waals surface area contributed by atoms with Crippen LogP contribution in [0, 0.1) is 0 Å². The zero-order valence-corrected chi connectivity index (χ0v) is 18.8. The molecule has 1 fully saturated rings. The number of aliphatic hydroxyl groups excluding tert-OH is 1. The molecule has 0 amide bonds. The van der Waals surface area contributed by atoms with Gasteiger partial charge in [0.05, 0.1) is 12.2 Å². The van der Waals surface area contributed by atoms with Gasteiger partial charge in [-0.05, 0) is 47.8 Å². The Bertz CT molecular complexity index is 746. The smallest absolute Gasteiger partial charge is 0.192 e. The highest BCUT2D eigenvalue weighted by Gasteiger charge is 2.44. The molecule has 1 aromatic carbocycles. The number of hydrogen-bond donors (Lipinski definition) is 1. The van der Waals surface area contributed by atoms with Crippen LogP contribution in [-0.2, 0) is 11.0 Å². The van der Waals surface area contributed by atoms with Crippen molar-refractivity contribution in [3.63, 3.8) is 0 Å². The lowest BCUT2D eigenvalue weighted by atomic mass is 10.0. The van der Waals surface area contributed by atoms with Crippen LogP contribution >= 0.6 is 0 Å². The summed E-state index contributed by atoms with van der Waals surface area (Å²) >= 11 is 0. The molecule has 0 aliphatic carbocycles. The van der Waals surface area contributed by atoms with E-state index >= 15 is 0 Å². The standard InChI is InChI=1S/C23H34N2O2Si/c1-23(2,3)28(4,5)27-20-15-21(22(26)19-11-13-24-14-12-19)25(17-20)16-18-9-7-6-8-10-18/h6-14,20-22,26H,15-17H2,1-5H3/t20-,21+,22?/m1/s1. The summed E-state index contributed by atoms with van der Waals surface area (Å²) in [6.45, 7) is 13.1. The van der Waals surface area contributed by atoms with Crippen molar-refractivity contribution in [2.24, 2.45) is 0 Å². The number of likely N-dealkylation sites (tertiary alicyclic amines) is 1. The van der Waals surface area contributed by atoms with Crippen LogP contribution < -0.4 is 0 Å². The van der Waals surface area contributed by atoms with Crippen LogP contribution in [0.4, 0.5) is 0 Å². The first-order valence-corrected chi connectivity index (χ1v) is 13.1. The normalized spacial score (nSPS) is 22.4. The number of hydrogen-bond acceptors (Lipinski definition) is 4. The second-order valence-corrected chi connectivity index (χ2v) is 14.2. The van der Waals surface area contributed by atoms with Crippen molar-refractivity contribution in [2.45, 2.75) is 70.1 Å². The maximum atomic E-state index is 11.1. The predicted octanol–water partition coefficient (Wildman–Crippen LogP) is 4.78. The molecule has 1 aliphatic rings. The first-order chi connectivity index (χ1) is 13.2. The van der Waals surface area contributed by atoms with Crippen molar-refractivity contribution in [1.82, 2.24) is 9.88 Å². The molecule has 152 valence electrons. The van der Waals surface area contributed by atoms with Crippen LogP contribution in [0.2, 0.25) is 18.1 Å². The van der Waals surface area contributed by atoms with Crippen molar-refractivity contribution >= 4 is 8.32 Å². The summed E-state index contributed by atoms with van der Waals surface area (Å²) in [5.74, 6) is 0. The molecule has 0 bridgehead atoms. The highest BCUT2D eigenvalue weighted by molar-refractivity contribution is 6.74. The van der Waals surface area contributed by atoms with Gasteiger partial charge in [0.1, 0.15) is 0 Å². The summed E-state index contributed by atoms with van der Waals surface area (Å²) in [6.07, 6.45) is 3.96. The predicted molar refractivity (Wildman–Crippen MR) is 117 cm³/mol. The molecule has 0 spiro atoms. The SMILES string of the molecule is CC(C)(C)[Si](C)(C)O[C@@H]1C[C@@H](C(O)c2ccncc2)N(Cc2ccccc2)C1. The zero-order chi connectivity index (χ0) is 20.4. The molecule has 5 heteroatoms. The van der Waals surface area contributed by atoms with Crippen LogP contribution in [0.5, 0.6) is 0 Å². The van der Waals surface area contributed by atoms with E-state index in [2.05, 4.69) is 68.0 Å². The molecule has 3 atom stereocenters. The highest BCUT2D eigenvalue weighted by Crippen LogP contribution is 2.40. The summed E-state index contributed by atoms with van der Waals surface area (Å²) in [4.78, 5) is 6.47. The second-order valence-electron chi connectivity index (χ2n) is 9.44. The third-order valence-electron chi connectivity index (χ3n) is 6.32. The van der Waals surface area contributed by atoms with Gasteiger partial charge in [0.15, 0.2) is 8.32 Å². The maximum Gasteiger partial charge on any atom is 0.192 e. The monoisotopic (exact) mass is 398 g/mol. The van der Waals surface area contributed by atoms with E-state index < -0.39 is 14.4 Å². The van der Waals surface area contributed by atoms with Crippen LogP contribution in [0.3, 0.4) is 0 Å². The number of nitrogens with zero attached hydrogens (tertiary/aromatic N) is 2. The lowest BCUT2D eigenvalue weighted by Crippen LogP contribution is -2.44. The minimum Gasteiger partial charge on any atom is -0.413 e. The van der Waals surface area contributed by atoms with E-state index in [0.29, 0.717) is 0 Å². The van der Waals surface area contributed by atoms with Gasteiger partial charge < -0.3 is 9.53 Å². The molecule has 1 N–H and O–H groups in total. The van der Waals surface area contributed by atoms with E-state index in [1.807, 2.05) is 18.2 Å². The fourth-order valence-electron chi connectivity index (χ4n) is 3.68. The maximum absolute atomic E-state index is 11.1. The molecule has 1 aromatic heterocycles. The number of benzene rings is 1. The summed E-state index contributed by atoms with van der Waals surface area (Å²) in [7, 11) is -1.85. The fraction of sp³-hybridized carbons (Fsp3) is 0.522. The summed E-state index contributed by atoms with van der Waals surface area (Å²) < 4.78 is 6.72. The second kappa shape index (κ2) is 8.45. The Balaban J connectivity index is 1.80. The van der Waals surface area contributed by atoms with E-state index in [4.69, 9.17) is 4.43 Å². The van der Waals surface area contributed by atoms with Crippen molar-refractivity contribution in [1.29, 1.82) is 0 Å². The van der Waals surface area contributed by atoms with Crippen LogP contribution in [0.1, 0.15) is 44.4 Å². The Morgan fingerprint density at radius 1 is 1.14 bits per heavy atom. The Hall–Kier alpha value is -1.53. The molecular formula is C23H34N2O2Si. The van der Waals surface area contributed by atoms with E-state index in [1.54, 1.807) is 12.4 Å². The first kappa shape index (κ1) is 21.2. The highest BCUT2D eigenvalue weighted by atomic mass is 28.4. The van der Waals surface area contributed by atoms with Crippen molar-refractivity contribution < 1.29 is 9.53 Å². The molecule has 4 nitrogen and oxygen atoms in total. The fourth-order valence-corrected chi connectivity index (χ4v) is 5.04. The van der Waals surface area contributed by atoms with E-state index in [-0.39, 0.29) is 17.2 Å². The minimum atomic E-state index is -1.85. The molecule has 1 unspecified atom stereocenters. The van der Waals surface area contributed by atoms with Crippen molar-refractivity contribution in [3.8, 4) is 0 Å². The van der Waals surface area contributed by atoms with Crippen LogP contribution in [0.25, 0.3) is 0 Å². The summed E-state index contributed by atoms with van der Waals surface area (Å²) in [5.41, 5.74) is 2.19. The largest absolute Gasteiger partial charge is 0.413 e. The topological polar surface area (TPSA) is 45.6 Å². The lowest BCUT2D eigenvalue weighted by Gasteiger charge is -2.38. The van der Waals surface area contributed by atoms with Gasteiger partial charge in [0, 0.05) is 31.5 Å². The van der Waals surface area contributed by atoms with E-state index in [9.17, 15) is 5.11 Å². The average molecular weight is 399 g/mol. The van der Waals surface area contributed by atoms with E-state index in [1.165, 1.54) is 5.56 Å². The van der Waals surface area contributed by atoms with Gasteiger partial charge in [-0.15, -0.1) is 0 Å². The molecular weight excluding hydrogens is 364 g/mol. The number of pyridine rings is 1. The molecule has 0 saturated carbocycles. The van der Waals surface area contributed by atoms with Crippen molar-refractivity contribution in [3.05, 3.63) is 66.0 Å². The molecule has 1 saturated heterocycles. The molecule has 2 heterocycles. The number of rotatable bonds is 6. The van der Waals surface area contributed by atoms with Gasteiger partial charge in [-0.3, -0.25) is 9.88 Å². The van der Waals surface area contributed by atoms with Gasteiger partial charge >= 0.3 is 0 Å². The van der Waals surface area contributed by atoms with Crippen LogP contribution in [0.15, 0.2) is 54.9 Å². The Morgan fingerprint density at radius 2 is 1.79 bits per heavy atom. The first-order valence-electron chi connectivity index (χ1n) is 10.2. The van der Waals surface area contributed by atoms with Gasteiger partial charge in [-0.25, -0.2) is 0 Å². The quantitative estimate of drug-likeness (QED) is 0.711. The molecule has 1 aliphatic heterocycles. The third kappa shape index (κ3) is 4.89. The summed E-state index contributed by atoms with van der Waals surface area (Å²) in [5, 5.41) is 11.3. The number of aromatic nitrogens is 1. The Labute approximate surface area is 170 Å². The zero-order valence-electron chi connectivity index (χ0n) is 17.8. The van der Waals surface area contributed by atoms with Gasteiger partial charge in [0.2, 0.25) is 0 Å².